The van der Waals surface area contributed by atoms with Crippen molar-refractivity contribution in [2.45, 2.75) is 290 Å². The summed E-state index contributed by atoms with van der Waals surface area (Å²) in [7, 11) is 0. The normalized spacial score (nSPS) is 13.0. The van der Waals surface area contributed by atoms with E-state index in [1.807, 2.05) is 6.08 Å². The van der Waals surface area contributed by atoms with Crippen LogP contribution in [0.4, 0.5) is 0 Å². The smallest absolute Gasteiger partial charge is 0.371 e. The predicted molar refractivity (Wildman–Crippen MR) is 273 cm³/mol. The first kappa shape index (κ1) is 62.3. The van der Waals surface area contributed by atoms with Gasteiger partial charge in [-0.3, -0.25) is 14.5 Å². The summed E-state index contributed by atoms with van der Waals surface area (Å²) in [6.07, 6.45) is 56.1. The summed E-state index contributed by atoms with van der Waals surface area (Å²) in [6, 6.07) is 0. The van der Waals surface area contributed by atoms with Crippen LogP contribution in [0.3, 0.4) is 0 Å². The summed E-state index contributed by atoms with van der Waals surface area (Å²) in [5, 5.41) is 20.7. The zero-order chi connectivity index (χ0) is 47.5. The SMILES string of the molecule is CCCCCCCC/C=C\CCCCCCCC(=O)OCC(OC(=O)CCCCCCC/C=C\CCCCCCCC)C(O)C(=CC=CCCCCCCCCCCCCC)C(=O)OO. The number of carbonyl (C=O) groups is 3. The monoisotopic (exact) mass is 915 g/mol. The molecule has 0 aromatic heterocycles. The lowest BCUT2D eigenvalue weighted by molar-refractivity contribution is -0.231. The third kappa shape index (κ3) is 43.6. The van der Waals surface area contributed by atoms with E-state index in [0.29, 0.717) is 12.8 Å². The van der Waals surface area contributed by atoms with E-state index in [1.165, 1.54) is 147 Å². The van der Waals surface area contributed by atoms with Crippen LogP contribution in [-0.2, 0) is 28.7 Å². The molecule has 0 aliphatic heterocycles. The first-order valence-corrected chi connectivity index (χ1v) is 27.5. The van der Waals surface area contributed by atoms with E-state index in [0.717, 1.165) is 89.9 Å². The van der Waals surface area contributed by atoms with Crippen molar-refractivity contribution in [1.29, 1.82) is 0 Å². The third-order valence-corrected chi connectivity index (χ3v) is 12.4. The van der Waals surface area contributed by atoms with Gasteiger partial charge in [-0.15, -0.1) is 0 Å². The lowest BCUT2D eigenvalue weighted by Gasteiger charge is -2.24. The van der Waals surface area contributed by atoms with E-state index in [2.05, 4.69) is 50.0 Å². The first-order valence-electron chi connectivity index (χ1n) is 27.5. The highest BCUT2D eigenvalue weighted by Crippen LogP contribution is 2.18. The standard InChI is InChI=1S/C57H102O8/c1-4-7-10-13-16-19-22-25-28-31-34-37-40-43-46-49-54(58)63-51-53(64-55(59)50-47-44-41-38-35-32-29-26-23-20-17-14-11-8-5-2)56(60)52(57(61)65-62)48-45-42-39-36-33-30-27-24-21-18-15-12-9-6-3/h25-26,28-29,42,45,48,53,56,60,62H,4-24,27,30-41,43-44,46-47,49-51H2,1-3H3/b28-25-,29-26-,45-42?,52-48?. The molecule has 2 unspecified atom stereocenters. The van der Waals surface area contributed by atoms with Crippen molar-refractivity contribution < 1.29 is 39.1 Å². The van der Waals surface area contributed by atoms with Gasteiger partial charge in [0.05, 0.1) is 5.57 Å². The van der Waals surface area contributed by atoms with Crippen molar-refractivity contribution in [3.63, 3.8) is 0 Å². The fourth-order valence-corrected chi connectivity index (χ4v) is 8.08. The largest absolute Gasteiger partial charge is 0.462 e. The molecule has 0 rings (SSSR count). The molecular weight excluding hydrogens is 813 g/mol. The van der Waals surface area contributed by atoms with Gasteiger partial charge in [0, 0.05) is 12.8 Å². The molecule has 0 amide bonds. The van der Waals surface area contributed by atoms with Crippen molar-refractivity contribution in [2.24, 2.45) is 0 Å². The lowest BCUT2D eigenvalue weighted by atomic mass is 10.0. The fourth-order valence-electron chi connectivity index (χ4n) is 8.08. The Hall–Kier alpha value is -2.71. The minimum atomic E-state index is -1.67. The molecular formula is C57H102O8. The summed E-state index contributed by atoms with van der Waals surface area (Å²) >= 11 is 0. The van der Waals surface area contributed by atoms with Crippen LogP contribution < -0.4 is 0 Å². The molecule has 0 aliphatic rings. The van der Waals surface area contributed by atoms with E-state index in [1.54, 1.807) is 6.08 Å². The van der Waals surface area contributed by atoms with Crippen molar-refractivity contribution >= 4 is 17.9 Å². The van der Waals surface area contributed by atoms with Crippen LogP contribution in [0.2, 0.25) is 0 Å². The number of hydrogen-bond donors (Lipinski definition) is 2. The van der Waals surface area contributed by atoms with Gasteiger partial charge in [-0.2, -0.15) is 5.26 Å². The van der Waals surface area contributed by atoms with Crippen molar-refractivity contribution in [1.82, 2.24) is 0 Å². The molecule has 2 N–H and O–H groups in total. The number of hydrogen-bond acceptors (Lipinski definition) is 8. The Balaban J connectivity index is 4.95. The molecule has 0 heterocycles. The highest BCUT2D eigenvalue weighted by Gasteiger charge is 2.32. The van der Waals surface area contributed by atoms with Crippen LogP contribution in [0.5, 0.6) is 0 Å². The zero-order valence-electron chi connectivity index (χ0n) is 42.5. The quantitative estimate of drug-likeness (QED) is 0.00905. The molecule has 0 bridgehead atoms. The lowest BCUT2D eigenvalue weighted by Crippen LogP contribution is -2.39. The summed E-state index contributed by atoms with van der Waals surface area (Å²) in [5.74, 6) is -2.14. The van der Waals surface area contributed by atoms with Crippen molar-refractivity contribution in [3.8, 4) is 0 Å². The zero-order valence-corrected chi connectivity index (χ0v) is 42.5. The maximum absolute atomic E-state index is 13.0. The summed E-state index contributed by atoms with van der Waals surface area (Å²) < 4.78 is 11.2. The summed E-state index contributed by atoms with van der Waals surface area (Å²) in [4.78, 5) is 42.5. The Bertz CT molecular complexity index is 1190. The Morgan fingerprint density at radius 3 is 1.12 bits per heavy atom. The van der Waals surface area contributed by atoms with Crippen LogP contribution in [0.25, 0.3) is 0 Å². The third-order valence-electron chi connectivity index (χ3n) is 12.4. The van der Waals surface area contributed by atoms with E-state index < -0.39 is 36.7 Å². The average molecular weight is 915 g/mol. The van der Waals surface area contributed by atoms with Gasteiger partial charge in [0.25, 0.3) is 0 Å². The highest BCUT2D eigenvalue weighted by atomic mass is 17.1. The van der Waals surface area contributed by atoms with Crippen LogP contribution >= 0.6 is 0 Å². The van der Waals surface area contributed by atoms with Crippen LogP contribution in [-0.4, -0.2) is 47.1 Å². The molecule has 378 valence electrons. The molecule has 0 radical (unpaired) electrons. The highest BCUT2D eigenvalue weighted by molar-refractivity contribution is 5.89. The maximum atomic E-state index is 13.0. The molecule has 0 saturated carbocycles. The van der Waals surface area contributed by atoms with Crippen molar-refractivity contribution in [3.05, 3.63) is 48.1 Å². The topological polar surface area (TPSA) is 119 Å². The number of aliphatic hydroxyl groups excluding tert-OH is 1. The summed E-state index contributed by atoms with van der Waals surface area (Å²) in [6.45, 7) is 6.33. The summed E-state index contributed by atoms with van der Waals surface area (Å²) in [5.41, 5.74) is -0.283. The van der Waals surface area contributed by atoms with Crippen LogP contribution in [0.15, 0.2) is 48.1 Å². The average Bonchev–Trinajstić information content (AvgIpc) is 3.31. The van der Waals surface area contributed by atoms with Gasteiger partial charge >= 0.3 is 17.9 Å². The van der Waals surface area contributed by atoms with Gasteiger partial charge in [0.15, 0.2) is 6.10 Å². The first-order chi connectivity index (χ1) is 31.9. The molecule has 0 fully saturated rings. The number of carbonyl (C=O) groups excluding carboxylic acids is 3. The molecule has 65 heavy (non-hydrogen) atoms. The second kappa shape index (κ2) is 50.7. The number of esters is 2. The number of rotatable bonds is 49. The molecule has 8 heteroatoms. The van der Waals surface area contributed by atoms with Gasteiger partial charge in [-0.1, -0.05) is 224 Å². The molecule has 0 aromatic carbocycles. The van der Waals surface area contributed by atoms with Gasteiger partial charge in [0.2, 0.25) is 0 Å². The van der Waals surface area contributed by atoms with Gasteiger partial charge in [0.1, 0.15) is 12.7 Å². The number of unbranched alkanes of at least 4 members (excludes halogenated alkanes) is 33. The maximum Gasteiger partial charge on any atom is 0.371 e. The Morgan fingerprint density at radius 2 is 0.754 bits per heavy atom. The Labute approximate surface area is 400 Å². The number of aliphatic hydroxyl groups is 1. The fraction of sp³-hybridized carbons (Fsp3) is 0.807. The molecule has 8 nitrogen and oxygen atoms in total. The van der Waals surface area contributed by atoms with Gasteiger partial charge < -0.3 is 14.6 Å². The number of ether oxygens (including phenoxy) is 2. The minimum absolute atomic E-state index is 0.145. The second-order valence-corrected chi connectivity index (χ2v) is 18.6. The second-order valence-electron chi connectivity index (χ2n) is 18.6. The number of allylic oxidation sites excluding steroid dienone is 7. The van der Waals surface area contributed by atoms with Crippen LogP contribution in [0, 0.1) is 0 Å². The molecule has 0 spiro atoms. The Morgan fingerprint density at radius 1 is 0.431 bits per heavy atom. The van der Waals surface area contributed by atoms with Crippen molar-refractivity contribution in [2.75, 3.05) is 6.61 Å². The molecule has 0 aliphatic carbocycles. The molecule has 0 saturated heterocycles. The Kier molecular flexibility index (Phi) is 48.6. The van der Waals surface area contributed by atoms with E-state index in [9.17, 15) is 24.7 Å². The van der Waals surface area contributed by atoms with E-state index in [4.69, 9.17) is 9.47 Å². The molecule has 2 atom stereocenters. The van der Waals surface area contributed by atoms with E-state index >= 15 is 0 Å². The van der Waals surface area contributed by atoms with Crippen LogP contribution in [0.1, 0.15) is 278 Å². The predicted octanol–water partition coefficient (Wildman–Crippen LogP) is 17.1. The van der Waals surface area contributed by atoms with Gasteiger partial charge in [-0.05, 0) is 83.1 Å². The minimum Gasteiger partial charge on any atom is -0.462 e. The van der Waals surface area contributed by atoms with Gasteiger partial charge in [-0.25, -0.2) is 4.79 Å². The molecule has 0 aromatic rings. The van der Waals surface area contributed by atoms with E-state index in [-0.39, 0.29) is 18.4 Å².